The van der Waals surface area contributed by atoms with Gasteiger partial charge in [-0.25, -0.2) is 4.79 Å². The van der Waals surface area contributed by atoms with E-state index in [0.717, 1.165) is 32.1 Å². The van der Waals surface area contributed by atoms with E-state index in [2.05, 4.69) is 32.6 Å². The molecule has 0 bridgehead atoms. The highest BCUT2D eigenvalue weighted by atomic mass is 127. The number of rotatable bonds is 5. The number of anilines is 1. The van der Waals surface area contributed by atoms with Crippen molar-refractivity contribution in [3.8, 4) is 0 Å². The molecule has 1 heterocycles. The van der Waals surface area contributed by atoms with Crippen molar-refractivity contribution in [1.29, 1.82) is 0 Å². The van der Waals surface area contributed by atoms with Crippen LogP contribution in [0.3, 0.4) is 0 Å². The Hall–Kier alpha value is -2.33. The minimum Gasteiger partial charge on any atom is -0.465 e. The Kier molecular flexibility index (Phi) is 6.40. The van der Waals surface area contributed by atoms with Gasteiger partial charge in [0.15, 0.2) is 0 Å². The van der Waals surface area contributed by atoms with Gasteiger partial charge >= 0.3 is 5.97 Å². The molecule has 1 aliphatic heterocycles. The number of thioether (sulfide) groups is 1. The van der Waals surface area contributed by atoms with Gasteiger partial charge in [0.05, 0.1) is 24.2 Å². The number of nitrogens with zero attached hydrogens (tertiary/aromatic N) is 1. The summed E-state index contributed by atoms with van der Waals surface area (Å²) in [5, 5.41) is 2.83. The molecule has 0 atom stereocenters. The lowest BCUT2D eigenvalue weighted by atomic mass is 10.1. The van der Waals surface area contributed by atoms with Crippen LogP contribution in [0.1, 0.15) is 21.5 Å². The van der Waals surface area contributed by atoms with Crippen LogP contribution in [-0.2, 0) is 9.53 Å². The molecular formula is C20H17IN2O4S. The molecule has 2 aromatic rings. The molecule has 0 saturated carbocycles. The van der Waals surface area contributed by atoms with Gasteiger partial charge < -0.3 is 10.1 Å². The molecule has 0 aliphatic carbocycles. The molecule has 0 spiro atoms. The number of nitrogens with one attached hydrogen (secondary N) is 1. The van der Waals surface area contributed by atoms with E-state index in [1.165, 1.54) is 12.0 Å². The normalized spacial score (nSPS) is 15.2. The van der Waals surface area contributed by atoms with Crippen molar-refractivity contribution >= 4 is 63.2 Å². The summed E-state index contributed by atoms with van der Waals surface area (Å²) in [5.41, 5.74) is 3.06. The minimum absolute atomic E-state index is 0.101. The molecule has 8 heteroatoms. The average Bonchev–Trinajstić information content (AvgIpc) is 2.95. The van der Waals surface area contributed by atoms with E-state index in [0.29, 0.717) is 10.5 Å². The van der Waals surface area contributed by atoms with Crippen molar-refractivity contribution in [3.05, 3.63) is 67.6 Å². The smallest absolute Gasteiger partial charge is 0.337 e. The first-order chi connectivity index (χ1) is 13.4. The van der Waals surface area contributed by atoms with Gasteiger partial charge in [0, 0.05) is 9.26 Å². The molecular weight excluding hydrogens is 491 g/mol. The fraction of sp³-hybridized carbons (Fsp3) is 0.150. The summed E-state index contributed by atoms with van der Waals surface area (Å²) in [6, 6.07) is 12.6. The zero-order valence-corrected chi connectivity index (χ0v) is 18.2. The number of imide groups is 1. The Balaban J connectivity index is 1.71. The molecule has 144 valence electrons. The van der Waals surface area contributed by atoms with Gasteiger partial charge in [0.25, 0.3) is 11.1 Å². The van der Waals surface area contributed by atoms with Crippen LogP contribution in [0.15, 0.2) is 47.4 Å². The summed E-state index contributed by atoms with van der Waals surface area (Å²) in [5.74, 6) is -0.772. The summed E-state index contributed by atoms with van der Waals surface area (Å²) in [7, 11) is 1.32. The Bertz CT molecular complexity index is 973. The number of aryl methyl sites for hydroxylation is 1. The predicted octanol–water partition coefficient (Wildman–Crippen LogP) is 4.49. The minimum atomic E-state index is -0.427. The Labute approximate surface area is 180 Å². The quantitative estimate of drug-likeness (QED) is 0.365. The molecule has 3 rings (SSSR count). The third-order valence-electron chi connectivity index (χ3n) is 4.13. The topological polar surface area (TPSA) is 75.7 Å². The monoisotopic (exact) mass is 508 g/mol. The number of amides is 2. The maximum absolute atomic E-state index is 12.6. The Morgan fingerprint density at radius 3 is 2.61 bits per heavy atom. The van der Waals surface area contributed by atoms with Crippen LogP contribution in [0, 0.1) is 10.5 Å². The highest BCUT2D eigenvalue weighted by Gasteiger charge is 2.34. The number of hydrogen-bond donors (Lipinski definition) is 1. The van der Waals surface area contributed by atoms with Gasteiger partial charge in [0.1, 0.15) is 0 Å². The summed E-state index contributed by atoms with van der Waals surface area (Å²) < 4.78 is 5.73. The summed E-state index contributed by atoms with van der Waals surface area (Å²) in [6.45, 7) is 2.06. The maximum Gasteiger partial charge on any atom is 0.337 e. The number of carbonyl (C=O) groups is 3. The number of halogens is 1. The van der Waals surface area contributed by atoms with Crippen LogP contribution in [0.4, 0.5) is 10.5 Å². The molecule has 0 unspecified atom stereocenters. The highest BCUT2D eigenvalue weighted by Crippen LogP contribution is 2.32. The second kappa shape index (κ2) is 8.78. The van der Waals surface area contributed by atoms with Crippen molar-refractivity contribution in [1.82, 2.24) is 4.90 Å². The van der Waals surface area contributed by atoms with Gasteiger partial charge in [-0.15, -0.1) is 0 Å². The van der Waals surface area contributed by atoms with Crippen molar-refractivity contribution in [2.24, 2.45) is 0 Å². The maximum atomic E-state index is 12.6. The lowest BCUT2D eigenvalue weighted by molar-refractivity contribution is -0.122. The first kappa shape index (κ1) is 20.4. The van der Waals surface area contributed by atoms with E-state index in [9.17, 15) is 14.4 Å². The fourth-order valence-corrected chi connectivity index (χ4v) is 3.90. The Morgan fingerprint density at radius 2 is 1.93 bits per heavy atom. The molecule has 1 fully saturated rings. The van der Waals surface area contributed by atoms with E-state index in [1.807, 2.05) is 25.1 Å². The van der Waals surface area contributed by atoms with E-state index in [1.54, 1.807) is 30.3 Å². The number of hydrogen-bond acceptors (Lipinski definition) is 6. The SMILES string of the molecule is COC(=O)c1ccc(C=C2SC(=O)N(CNc3cc(I)ccc3C)C2=O)cc1. The molecule has 2 amide bonds. The van der Waals surface area contributed by atoms with E-state index >= 15 is 0 Å². The molecule has 0 aromatic heterocycles. The van der Waals surface area contributed by atoms with Crippen molar-refractivity contribution < 1.29 is 19.1 Å². The van der Waals surface area contributed by atoms with Crippen LogP contribution in [0.5, 0.6) is 0 Å². The third-order valence-corrected chi connectivity index (χ3v) is 5.71. The lowest BCUT2D eigenvalue weighted by Crippen LogP contribution is -2.33. The second-order valence-corrected chi connectivity index (χ2v) is 8.26. The zero-order chi connectivity index (χ0) is 20.3. The lowest BCUT2D eigenvalue weighted by Gasteiger charge is -2.16. The number of esters is 1. The molecule has 1 N–H and O–H groups in total. The second-order valence-electron chi connectivity index (χ2n) is 6.02. The molecule has 1 saturated heterocycles. The van der Waals surface area contributed by atoms with E-state index in [4.69, 9.17) is 0 Å². The average molecular weight is 508 g/mol. The number of methoxy groups -OCH3 is 1. The molecule has 0 radical (unpaired) electrons. The van der Waals surface area contributed by atoms with Gasteiger partial charge in [-0.3, -0.25) is 14.5 Å². The number of carbonyl (C=O) groups excluding carboxylic acids is 3. The zero-order valence-electron chi connectivity index (χ0n) is 15.2. The van der Waals surface area contributed by atoms with E-state index in [-0.39, 0.29) is 17.8 Å². The van der Waals surface area contributed by atoms with Gasteiger partial charge in [0.2, 0.25) is 0 Å². The molecule has 1 aliphatic rings. The number of benzene rings is 2. The van der Waals surface area contributed by atoms with Gasteiger partial charge in [-0.2, -0.15) is 0 Å². The molecule has 2 aromatic carbocycles. The van der Waals surface area contributed by atoms with Crippen LogP contribution in [-0.4, -0.2) is 35.8 Å². The fourth-order valence-electron chi connectivity index (χ4n) is 2.57. The molecule has 28 heavy (non-hydrogen) atoms. The molecule has 6 nitrogen and oxygen atoms in total. The highest BCUT2D eigenvalue weighted by molar-refractivity contribution is 14.1. The third kappa shape index (κ3) is 4.56. The first-order valence-corrected chi connectivity index (χ1v) is 10.2. The van der Waals surface area contributed by atoms with Crippen molar-refractivity contribution in [2.45, 2.75) is 6.92 Å². The summed E-state index contributed by atoms with van der Waals surface area (Å²) >= 11 is 3.11. The Morgan fingerprint density at radius 1 is 1.21 bits per heavy atom. The van der Waals surface area contributed by atoms with Gasteiger partial charge in [-0.1, -0.05) is 18.2 Å². The number of ether oxygens (including phenoxy) is 1. The van der Waals surface area contributed by atoms with Crippen molar-refractivity contribution in [3.63, 3.8) is 0 Å². The first-order valence-electron chi connectivity index (χ1n) is 8.33. The van der Waals surface area contributed by atoms with E-state index < -0.39 is 5.97 Å². The largest absolute Gasteiger partial charge is 0.465 e. The summed E-state index contributed by atoms with van der Waals surface area (Å²) in [6.07, 6.45) is 1.64. The van der Waals surface area contributed by atoms with Crippen LogP contribution in [0.2, 0.25) is 0 Å². The van der Waals surface area contributed by atoms with Crippen LogP contribution >= 0.6 is 34.4 Å². The summed E-state index contributed by atoms with van der Waals surface area (Å²) in [4.78, 5) is 37.9. The van der Waals surface area contributed by atoms with Crippen molar-refractivity contribution in [2.75, 3.05) is 19.1 Å². The van der Waals surface area contributed by atoms with Crippen LogP contribution < -0.4 is 5.32 Å². The predicted molar refractivity (Wildman–Crippen MR) is 118 cm³/mol. The van der Waals surface area contributed by atoms with Gasteiger partial charge in [-0.05, 0) is 82.7 Å². The standard InChI is InChI=1S/C20H17IN2O4S/c1-12-3-8-15(21)10-16(12)22-11-23-18(24)17(28-20(23)26)9-13-4-6-14(7-5-13)19(25)27-2/h3-10,22H,11H2,1-2H3. The van der Waals surface area contributed by atoms with Crippen LogP contribution in [0.25, 0.3) is 6.08 Å².